The predicted octanol–water partition coefficient (Wildman–Crippen LogP) is 3.16. The van der Waals surface area contributed by atoms with Crippen LogP contribution in [0.1, 0.15) is 29.9 Å². The van der Waals surface area contributed by atoms with Gasteiger partial charge < -0.3 is 19.9 Å². The van der Waals surface area contributed by atoms with Crippen LogP contribution in [0.25, 0.3) is 11.0 Å². The van der Waals surface area contributed by atoms with Crippen molar-refractivity contribution in [2.75, 3.05) is 13.1 Å². The first-order valence-electron chi connectivity index (χ1n) is 9.67. The van der Waals surface area contributed by atoms with E-state index in [2.05, 4.69) is 26.3 Å². The Hall–Kier alpha value is -2.93. The number of hydrogen-bond acceptors (Lipinski definition) is 4. The van der Waals surface area contributed by atoms with Crippen molar-refractivity contribution in [3.8, 4) is 0 Å². The second-order valence-electron chi connectivity index (χ2n) is 7.21. The molecule has 1 aliphatic rings. The number of H-pyrrole nitrogens is 1. The molecule has 7 heteroatoms. The molecule has 3 heterocycles. The Balaban J connectivity index is 1.28. The maximum atomic E-state index is 12.6. The second kappa shape index (κ2) is 8.39. The minimum atomic E-state index is -0.0808. The summed E-state index contributed by atoms with van der Waals surface area (Å²) in [6, 6.07) is 11.8. The van der Waals surface area contributed by atoms with Crippen LogP contribution in [0.2, 0.25) is 0 Å². The van der Waals surface area contributed by atoms with Crippen molar-refractivity contribution >= 4 is 17.1 Å². The van der Waals surface area contributed by atoms with E-state index in [0.717, 1.165) is 41.9 Å². The van der Waals surface area contributed by atoms with Crippen molar-refractivity contribution < 1.29 is 9.53 Å². The first kappa shape index (κ1) is 18.4. The molecule has 3 aromatic rings. The Kier molecular flexibility index (Phi) is 5.53. The molecule has 0 radical (unpaired) electrons. The van der Waals surface area contributed by atoms with Crippen LogP contribution < -0.4 is 5.32 Å². The van der Waals surface area contributed by atoms with Gasteiger partial charge in [0.1, 0.15) is 5.82 Å². The van der Waals surface area contributed by atoms with Gasteiger partial charge in [0.15, 0.2) is 0 Å². The van der Waals surface area contributed by atoms with Gasteiger partial charge in [0.25, 0.3) is 0 Å². The Morgan fingerprint density at radius 1 is 1.36 bits per heavy atom. The highest BCUT2D eigenvalue weighted by molar-refractivity contribution is 5.76. The number of carbonyl (C=O) groups excluding carboxylic acids is 1. The maximum absolute atomic E-state index is 12.6. The number of amides is 2. The molecule has 1 aliphatic heterocycles. The number of aromatic nitrogens is 3. The SMILES string of the molecule is Cc1ccc2nc(CNC(=O)N3CCC[C@@H](OCc4ccccn4)C3)[nH]c2c1. The molecule has 1 aromatic carbocycles. The smallest absolute Gasteiger partial charge is 0.317 e. The number of nitrogens with zero attached hydrogens (tertiary/aromatic N) is 3. The summed E-state index contributed by atoms with van der Waals surface area (Å²) in [5, 5.41) is 2.96. The van der Waals surface area contributed by atoms with E-state index in [1.54, 1.807) is 6.20 Å². The number of likely N-dealkylation sites (tertiary alicyclic amines) is 1. The molecule has 2 aromatic heterocycles. The molecule has 146 valence electrons. The molecule has 28 heavy (non-hydrogen) atoms. The third-order valence-electron chi connectivity index (χ3n) is 4.95. The quantitative estimate of drug-likeness (QED) is 0.713. The fourth-order valence-corrected chi connectivity index (χ4v) is 3.48. The van der Waals surface area contributed by atoms with E-state index in [-0.39, 0.29) is 12.1 Å². The lowest BCUT2D eigenvalue weighted by Crippen LogP contribution is -2.47. The van der Waals surface area contributed by atoms with Crippen LogP contribution in [0, 0.1) is 6.92 Å². The van der Waals surface area contributed by atoms with Gasteiger partial charge in [0.05, 0.1) is 36.0 Å². The average molecular weight is 379 g/mol. The average Bonchev–Trinajstić information content (AvgIpc) is 3.13. The molecule has 0 bridgehead atoms. The zero-order chi connectivity index (χ0) is 19.3. The van der Waals surface area contributed by atoms with Crippen molar-refractivity contribution in [3.05, 3.63) is 59.7 Å². The van der Waals surface area contributed by atoms with E-state index < -0.39 is 0 Å². The first-order chi connectivity index (χ1) is 13.7. The summed E-state index contributed by atoms with van der Waals surface area (Å²) < 4.78 is 5.96. The van der Waals surface area contributed by atoms with Crippen molar-refractivity contribution in [3.63, 3.8) is 0 Å². The number of piperidine rings is 1. The molecular formula is C21H25N5O2. The topological polar surface area (TPSA) is 83.1 Å². The summed E-state index contributed by atoms with van der Waals surface area (Å²) >= 11 is 0. The van der Waals surface area contributed by atoms with Crippen LogP contribution >= 0.6 is 0 Å². The molecule has 0 saturated carbocycles. The summed E-state index contributed by atoms with van der Waals surface area (Å²) in [6.45, 7) is 4.24. The number of pyridine rings is 1. The van der Waals surface area contributed by atoms with Crippen molar-refractivity contribution in [1.82, 2.24) is 25.2 Å². The summed E-state index contributed by atoms with van der Waals surface area (Å²) in [6.07, 6.45) is 3.69. The Labute approximate surface area is 164 Å². The van der Waals surface area contributed by atoms with Gasteiger partial charge in [-0.3, -0.25) is 4.98 Å². The van der Waals surface area contributed by atoms with Crippen LogP contribution in [0.4, 0.5) is 4.79 Å². The monoisotopic (exact) mass is 379 g/mol. The molecule has 0 spiro atoms. The fraction of sp³-hybridized carbons (Fsp3) is 0.381. The van der Waals surface area contributed by atoms with E-state index in [1.165, 1.54) is 5.56 Å². The number of rotatable bonds is 5. The predicted molar refractivity (Wildman–Crippen MR) is 107 cm³/mol. The van der Waals surface area contributed by atoms with E-state index in [9.17, 15) is 4.79 Å². The molecule has 0 unspecified atom stereocenters. The highest BCUT2D eigenvalue weighted by Gasteiger charge is 2.24. The van der Waals surface area contributed by atoms with Crippen LogP contribution in [-0.2, 0) is 17.9 Å². The van der Waals surface area contributed by atoms with Crippen LogP contribution in [-0.4, -0.2) is 45.1 Å². The molecule has 0 aliphatic carbocycles. The summed E-state index contributed by atoms with van der Waals surface area (Å²) in [7, 11) is 0. The largest absolute Gasteiger partial charge is 0.370 e. The number of aryl methyl sites for hydroxylation is 1. The molecule has 4 rings (SSSR count). The lowest BCUT2D eigenvalue weighted by molar-refractivity contribution is -0.00169. The lowest BCUT2D eigenvalue weighted by Gasteiger charge is -2.32. The number of carbonyl (C=O) groups is 1. The number of ether oxygens (including phenoxy) is 1. The summed E-state index contributed by atoms with van der Waals surface area (Å²) in [5.74, 6) is 0.758. The van der Waals surface area contributed by atoms with Gasteiger partial charge >= 0.3 is 6.03 Å². The van der Waals surface area contributed by atoms with Gasteiger partial charge in [0, 0.05) is 19.3 Å². The third kappa shape index (κ3) is 4.48. The summed E-state index contributed by atoms with van der Waals surface area (Å²) in [4.78, 5) is 26.5. The fourth-order valence-electron chi connectivity index (χ4n) is 3.48. The molecular weight excluding hydrogens is 354 g/mol. The molecule has 2 amide bonds. The zero-order valence-electron chi connectivity index (χ0n) is 16.0. The van der Waals surface area contributed by atoms with E-state index in [1.807, 2.05) is 42.2 Å². The standard InChI is InChI=1S/C21H25N5O2/c1-15-7-8-18-19(11-15)25-20(24-18)12-23-21(27)26-10-4-6-17(13-26)28-14-16-5-2-3-9-22-16/h2-3,5,7-9,11,17H,4,6,10,12-14H2,1H3,(H,23,27)(H,24,25)/t17-/m1/s1. The minimum absolute atomic E-state index is 0.0377. The number of fused-ring (bicyclic) bond motifs is 1. The lowest BCUT2D eigenvalue weighted by atomic mass is 10.1. The van der Waals surface area contributed by atoms with Crippen LogP contribution in [0.5, 0.6) is 0 Å². The van der Waals surface area contributed by atoms with Gasteiger partial charge in [-0.25, -0.2) is 9.78 Å². The number of hydrogen-bond donors (Lipinski definition) is 2. The minimum Gasteiger partial charge on any atom is -0.370 e. The van der Waals surface area contributed by atoms with E-state index in [4.69, 9.17) is 4.74 Å². The molecule has 1 atom stereocenters. The maximum Gasteiger partial charge on any atom is 0.317 e. The Morgan fingerprint density at radius 3 is 3.14 bits per heavy atom. The van der Waals surface area contributed by atoms with Crippen LogP contribution in [0.3, 0.4) is 0 Å². The molecule has 2 N–H and O–H groups in total. The highest BCUT2D eigenvalue weighted by atomic mass is 16.5. The summed E-state index contributed by atoms with van der Waals surface area (Å²) in [5.41, 5.74) is 3.99. The number of nitrogens with one attached hydrogen (secondary N) is 2. The van der Waals surface area contributed by atoms with Crippen molar-refractivity contribution in [2.24, 2.45) is 0 Å². The molecule has 1 fully saturated rings. The highest BCUT2D eigenvalue weighted by Crippen LogP contribution is 2.16. The van der Waals surface area contributed by atoms with E-state index >= 15 is 0 Å². The number of imidazole rings is 1. The van der Waals surface area contributed by atoms with Crippen molar-refractivity contribution in [2.45, 2.75) is 39.0 Å². The van der Waals surface area contributed by atoms with E-state index in [0.29, 0.717) is 19.7 Å². The normalized spacial score (nSPS) is 17.0. The van der Waals surface area contributed by atoms with Crippen molar-refractivity contribution in [1.29, 1.82) is 0 Å². The second-order valence-corrected chi connectivity index (χ2v) is 7.21. The van der Waals surface area contributed by atoms with Gasteiger partial charge in [-0.05, 0) is 49.6 Å². The van der Waals surface area contributed by atoms with Gasteiger partial charge in [-0.15, -0.1) is 0 Å². The number of urea groups is 1. The number of benzene rings is 1. The molecule has 7 nitrogen and oxygen atoms in total. The Bertz CT molecular complexity index is 940. The molecule has 1 saturated heterocycles. The third-order valence-corrected chi connectivity index (χ3v) is 4.95. The van der Waals surface area contributed by atoms with Gasteiger partial charge in [-0.2, -0.15) is 0 Å². The first-order valence-corrected chi connectivity index (χ1v) is 9.67. The Morgan fingerprint density at radius 2 is 2.29 bits per heavy atom. The van der Waals surface area contributed by atoms with Gasteiger partial charge in [0.2, 0.25) is 0 Å². The van der Waals surface area contributed by atoms with Crippen LogP contribution in [0.15, 0.2) is 42.6 Å². The zero-order valence-corrected chi connectivity index (χ0v) is 16.0. The number of aromatic amines is 1. The van der Waals surface area contributed by atoms with Gasteiger partial charge in [-0.1, -0.05) is 12.1 Å².